The first-order valence-corrected chi connectivity index (χ1v) is 7.42. The van der Waals surface area contributed by atoms with Gasteiger partial charge < -0.3 is 10.6 Å². The minimum atomic E-state index is 0.307. The van der Waals surface area contributed by atoms with E-state index >= 15 is 0 Å². The van der Waals surface area contributed by atoms with E-state index in [0.29, 0.717) is 31.0 Å². The van der Waals surface area contributed by atoms with Crippen molar-refractivity contribution in [3.8, 4) is 0 Å². The first-order valence-electron chi connectivity index (χ1n) is 7.42. The van der Waals surface area contributed by atoms with Gasteiger partial charge in [0.1, 0.15) is 0 Å². The monoisotopic (exact) mass is 253 g/mol. The van der Waals surface area contributed by atoms with Crippen molar-refractivity contribution in [1.29, 1.82) is 0 Å². The van der Waals surface area contributed by atoms with Gasteiger partial charge in [-0.2, -0.15) is 0 Å². The summed E-state index contributed by atoms with van der Waals surface area (Å²) in [4.78, 5) is 16.7. The molecule has 2 unspecified atom stereocenters. The number of carbonyl (C=O) groups is 1. The predicted octanol–water partition coefficient (Wildman–Crippen LogP) is 1.06. The molecule has 0 radical (unpaired) electrons. The molecule has 0 aromatic rings. The zero-order valence-corrected chi connectivity index (χ0v) is 11.6. The van der Waals surface area contributed by atoms with Gasteiger partial charge in [0, 0.05) is 25.7 Å². The molecule has 2 fully saturated rings. The number of nitrogens with two attached hydrogens (primary N) is 1. The first-order chi connectivity index (χ1) is 8.70. The molecule has 1 amide bonds. The summed E-state index contributed by atoms with van der Waals surface area (Å²) in [5.41, 5.74) is 5.80. The number of amides is 1. The second-order valence-corrected chi connectivity index (χ2v) is 5.94. The molecule has 4 nitrogen and oxygen atoms in total. The molecule has 0 aliphatic carbocycles. The lowest BCUT2D eigenvalue weighted by Gasteiger charge is -2.37. The maximum absolute atomic E-state index is 12.3. The highest BCUT2D eigenvalue weighted by Gasteiger charge is 2.26. The molecular weight excluding hydrogens is 226 g/mol. The van der Waals surface area contributed by atoms with E-state index in [1.165, 1.54) is 19.3 Å². The zero-order valence-electron chi connectivity index (χ0n) is 11.6. The summed E-state index contributed by atoms with van der Waals surface area (Å²) in [5, 5.41) is 0. The number of rotatable bonds is 3. The van der Waals surface area contributed by atoms with Gasteiger partial charge >= 0.3 is 0 Å². The number of nitrogens with zero attached hydrogens (tertiary/aromatic N) is 2. The summed E-state index contributed by atoms with van der Waals surface area (Å²) in [7, 11) is 0. The molecule has 0 aromatic heterocycles. The van der Waals surface area contributed by atoms with Crippen LogP contribution < -0.4 is 5.73 Å². The maximum Gasteiger partial charge on any atom is 0.236 e. The maximum atomic E-state index is 12.3. The number of likely N-dealkylation sites (tertiary alicyclic amines) is 2. The van der Waals surface area contributed by atoms with Gasteiger partial charge in [-0.25, -0.2) is 0 Å². The van der Waals surface area contributed by atoms with Crippen molar-refractivity contribution in [3.63, 3.8) is 0 Å². The van der Waals surface area contributed by atoms with Crippen molar-refractivity contribution in [2.45, 2.75) is 45.1 Å². The SMILES string of the molecule is CC1CCCN(C(=O)CN2CCCCC2CN)C1. The van der Waals surface area contributed by atoms with E-state index in [1.807, 2.05) is 0 Å². The molecule has 2 heterocycles. The van der Waals surface area contributed by atoms with Gasteiger partial charge in [0.25, 0.3) is 0 Å². The number of piperidine rings is 2. The van der Waals surface area contributed by atoms with E-state index in [2.05, 4.69) is 16.7 Å². The predicted molar refractivity (Wildman–Crippen MR) is 73.2 cm³/mol. The summed E-state index contributed by atoms with van der Waals surface area (Å²) in [6.07, 6.45) is 6.04. The lowest BCUT2D eigenvalue weighted by Crippen LogP contribution is -2.50. The van der Waals surface area contributed by atoms with Crippen LogP contribution in [0.3, 0.4) is 0 Å². The van der Waals surface area contributed by atoms with E-state index in [0.717, 1.165) is 32.5 Å². The average molecular weight is 253 g/mol. The van der Waals surface area contributed by atoms with E-state index in [-0.39, 0.29) is 0 Å². The molecule has 0 aromatic carbocycles. The molecule has 0 bridgehead atoms. The lowest BCUT2D eigenvalue weighted by molar-refractivity contribution is -0.135. The third-order valence-corrected chi connectivity index (χ3v) is 4.37. The Morgan fingerprint density at radius 3 is 2.78 bits per heavy atom. The van der Waals surface area contributed by atoms with Crippen LogP contribution >= 0.6 is 0 Å². The minimum absolute atomic E-state index is 0.307. The summed E-state index contributed by atoms with van der Waals surface area (Å²) in [6.45, 7) is 6.43. The van der Waals surface area contributed by atoms with Gasteiger partial charge in [-0.05, 0) is 38.1 Å². The van der Waals surface area contributed by atoms with E-state index in [4.69, 9.17) is 5.73 Å². The van der Waals surface area contributed by atoms with Gasteiger partial charge in [0.05, 0.1) is 6.54 Å². The third kappa shape index (κ3) is 3.45. The molecule has 2 aliphatic rings. The first kappa shape index (κ1) is 13.8. The molecule has 0 spiro atoms. The highest BCUT2D eigenvalue weighted by molar-refractivity contribution is 5.78. The fourth-order valence-electron chi connectivity index (χ4n) is 3.22. The van der Waals surface area contributed by atoms with Crippen molar-refractivity contribution in [3.05, 3.63) is 0 Å². The van der Waals surface area contributed by atoms with E-state index in [9.17, 15) is 4.79 Å². The highest BCUT2D eigenvalue weighted by atomic mass is 16.2. The number of carbonyl (C=O) groups excluding carboxylic acids is 1. The summed E-state index contributed by atoms with van der Waals surface area (Å²) in [5.74, 6) is 0.969. The Kier molecular flexibility index (Phi) is 5.01. The quantitative estimate of drug-likeness (QED) is 0.818. The van der Waals surface area contributed by atoms with E-state index in [1.54, 1.807) is 0 Å². The van der Waals surface area contributed by atoms with Crippen molar-refractivity contribution >= 4 is 5.91 Å². The molecular formula is C14H27N3O. The Bertz CT molecular complexity index is 282. The summed E-state index contributed by atoms with van der Waals surface area (Å²) in [6, 6.07) is 0.421. The van der Waals surface area contributed by atoms with Crippen molar-refractivity contribution in [1.82, 2.24) is 9.80 Å². The normalized spacial score (nSPS) is 30.4. The van der Waals surface area contributed by atoms with E-state index < -0.39 is 0 Å². The van der Waals surface area contributed by atoms with Gasteiger partial charge in [-0.3, -0.25) is 9.69 Å². The molecule has 2 saturated heterocycles. The molecule has 0 saturated carbocycles. The Balaban J connectivity index is 1.85. The molecule has 4 heteroatoms. The van der Waals surface area contributed by atoms with Crippen molar-refractivity contribution in [2.75, 3.05) is 32.7 Å². The Morgan fingerprint density at radius 1 is 1.22 bits per heavy atom. The minimum Gasteiger partial charge on any atom is -0.341 e. The van der Waals surface area contributed by atoms with Crippen molar-refractivity contribution in [2.24, 2.45) is 11.7 Å². The van der Waals surface area contributed by atoms with Gasteiger partial charge in [0.15, 0.2) is 0 Å². The molecule has 18 heavy (non-hydrogen) atoms. The van der Waals surface area contributed by atoms with Crippen molar-refractivity contribution < 1.29 is 4.79 Å². The molecule has 2 aliphatic heterocycles. The second kappa shape index (κ2) is 6.53. The third-order valence-electron chi connectivity index (χ3n) is 4.37. The molecule has 2 atom stereocenters. The van der Waals surface area contributed by atoms with Crippen LogP contribution in [0, 0.1) is 5.92 Å². The van der Waals surface area contributed by atoms with Crippen LogP contribution in [0.2, 0.25) is 0 Å². The fourth-order valence-corrected chi connectivity index (χ4v) is 3.22. The van der Waals surface area contributed by atoms with Crippen LogP contribution in [0.5, 0.6) is 0 Å². The topological polar surface area (TPSA) is 49.6 Å². The van der Waals surface area contributed by atoms with Gasteiger partial charge in [-0.1, -0.05) is 13.3 Å². The largest absolute Gasteiger partial charge is 0.341 e. The Labute approximate surface area is 110 Å². The number of hydrogen-bond acceptors (Lipinski definition) is 3. The van der Waals surface area contributed by atoms with Crippen LogP contribution in [-0.2, 0) is 4.79 Å². The molecule has 2 rings (SSSR count). The van der Waals surface area contributed by atoms with Gasteiger partial charge in [-0.15, -0.1) is 0 Å². The van der Waals surface area contributed by atoms with Gasteiger partial charge in [0.2, 0.25) is 5.91 Å². The zero-order chi connectivity index (χ0) is 13.0. The Hall–Kier alpha value is -0.610. The standard InChI is InChI=1S/C14H27N3O/c1-12-5-4-8-17(10-12)14(18)11-16-7-3-2-6-13(16)9-15/h12-13H,2-11,15H2,1H3. The Morgan fingerprint density at radius 2 is 2.06 bits per heavy atom. The summed E-state index contributed by atoms with van der Waals surface area (Å²) < 4.78 is 0. The molecule has 104 valence electrons. The smallest absolute Gasteiger partial charge is 0.236 e. The molecule has 2 N–H and O–H groups in total. The van der Waals surface area contributed by atoms with Crippen LogP contribution in [0.4, 0.5) is 0 Å². The number of hydrogen-bond donors (Lipinski definition) is 1. The fraction of sp³-hybridized carbons (Fsp3) is 0.929. The second-order valence-electron chi connectivity index (χ2n) is 5.94. The van der Waals surface area contributed by atoms with Crippen LogP contribution in [-0.4, -0.2) is 54.5 Å². The van der Waals surface area contributed by atoms with Crippen LogP contribution in [0.25, 0.3) is 0 Å². The highest BCUT2D eigenvalue weighted by Crippen LogP contribution is 2.18. The summed E-state index contributed by atoms with van der Waals surface area (Å²) >= 11 is 0. The average Bonchev–Trinajstić information content (AvgIpc) is 2.39. The van der Waals surface area contributed by atoms with Crippen LogP contribution in [0.1, 0.15) is 39.0 Å². The lowest BCUT2D eigenvalue weighted by atomic mass is 9.99. The van der Waals surface area contributed by atoms with Crippen LogP contribution in [0.15, 0.2) is 0 Å².